The maximum absolute atomic E-state index is 13.0. The first kappa shape index (κ1) is 21.8. The van der Waals surface area contributed by atoms with Crippen LogP contribution in [0.3, 0.4) is 0 Å². The molecule has 4 rings (SSSR count). The number of benzene rings is 3. The van der Waals surface area contributed by atoms with Crippen molar-refractivity contribution in [2.24, 2.45) is 4.99 Å². The maximum Gasteiger partial charge on any atom is 0.264 e. The highest BCUT2D eigenvalue weighted by Gasteiger charge is 2.23. The van der Waals surface area contributed by atoms with Crippen LogP contribution in [0.1, 0.15) is 27.8 Å². The number of amidine groups is 1. The van der Waals surface area contributed by atoms with Crippen LogP contribution in [-0.2, 0) is 11.4 Å². The average Bonchev–Trinajstić information content (AvgIpc) is 3.08. The molecule has 0 bridgehead atoms. The molecule has 0 aliphatic carbocycles. The van der Waals surface area contributed by atoms with E-state index in [0.717, 1.165) is 11.3 Å². The molecule has 32 heavy (non-hydrogen) atoms. The van der Waals surface area contributed by atoms with Gasteiger partial charge in [0.25, 0.3) is 5.91 Å². The third kappa shape index (κ3) is 5.26. The van der Waals surface area contributed by atoms with Gasteiger partial charge in [0.05, 0.1) is 10.6 Å². The van der Waals surface area contributed by atoms with Gasteiger partial charge in [0, 0.05) is 0 Å². The van der Waals surface area contributed by atoms with Crippen molar-refractivity contribution in [3.63, 3.8) is 0 Å². The topological polar surface area (TPSA) is 50.7 Å². The predicted molar refractivity (Wildman–Crippen MR) is 129 cm³/mol. The van der Waals surface area contributed by atoms with Gasteiger partial charge < -0.3 is 10.1 Å². The van der Waals surface area contributed by atoms with Crippen molar-refractivity contribution in [1.82, 2.24) is 5.32 Å². The minimum atomic E-state index is -0.325. The molecule has 0 radical (unpaired) electrons. The van der Waals surface area contributed by atoms with Crippen LogP contribution in [0.2, 0.25) is 0 Å². The van der Waals surface area contributed by atoms with Gasteiger partial charge in [-0.25, -0.2) is 9.38 Å². The zero-order chi connectivity index (χ0) is 22.7. The van der Waals surface area contributed by atoms with Crippen LogP contribution in [-0.4, -0.2) is 11.1 Å². The van der Waals surface area contributed by atoms with Gasteiger partial charge in [0.15, 0.2) is 5.17 Å². The molecule has 1 heterocycles. The number of amides is 1. The highest BCUT2D eigenvalue weighted by Crippen LogP contribution is 2.28. The Labute approximate surface area is 191 Å². The number of ether oxygens (including phenoxy) is 1. The second-order valence-electron chi connectivity index (χ2n) is 7.69. The zero-order valence-corrected chi connectivity index (χ0v) is 18.9. The summed E-state index contributed by atoms with van der Waals surface area (Å²) in [5, 5.41) is 3.21. The molecule has 0 saturated carbocycles. The van der Waals surface area contributed by atoms with Crippen molar-refractivity contribution in [3.8, 4) is 5.75 Å². The number of thioether (sulfide) groups is 1. The minimum Gasteiger partial charge on any atom is -0.489 e. The van der Waals surface area contributed by atoms with Gasteiger partial charge in [-0.2, -0.15) is 0 Å². The Morgan fingerprint density at radius 1 is 1.00 bits per heavy atom. The first-order valence-electron chi connectivity index (χ1n) is 10.2. The summed E-state index contributed by atoms with van der Waals surface area (Å²) in [6, 6.07) is 17.8. The molecular weight excluding hydrogens is 423 g/mol. The molecule has 162 valence electrons. The van der Waals surface area contributed by atoms with E-state index in [1.165, 1.54) is 46.1 Å². The summed E-state index contributed by atoms with van der Waals surface area (Å²) in [6.07, 6.45) is 1.81. The Morgan fingerprint density at radius 3 is 2.31 bits per heavy atom. The van der Waals surface area contributed by atoms with E-state index in [9.17, 15) is 9.18 Å². The largest absolute Gasteiger partial charge is 0.489 e. The van der Waals surface area contributed by atoms with Crippen molar-refractivity contribution < 1.29 is 13.9 Å². The van der Waals surface area contributed by atoms with Crippen LogP contribution >= 0.6 is 11.8 Å². The van der Waals surface area contributed by atoms with Crippen LogP contribution < -0.4 is 10.1 Å². The molecule has 3 aromatic carbocycles. The Morgan fingerprint density at radius 2 is 1.66 bits per heavy atom. The number of halogens is 1. The fourth-order valence-corrected chi connectivity index (χ4v) is 4.36. The molecule has 0 aromatic heterocycles. The Balaban J connectivity index is 1.42. The number of carbonyl (C=O) groups excluding carboxylic acids is 1. The Kier molecular flexibility index (Phi) is 6.42. The van der Waals surface area contributed by atoms with Gasteiger partial charge in [-0.05, 0) is 97.3 Å². The molecule has 1 N–H and O–H groups in total. The number of rotatable bonds is 5. The van der Waals surface area contributed by atoms with Gasteiger partial charge in [-0.15, -0.1) is 0 Å². The van der Waals surface area contributed by atoms with Crippen molar-refractivity contribution in [1.29, 1.82) is 0 Å². The molecule has 1 aliphatic rings. The maximum atomic E-state index is 13.0. The molecule has 3 aromatic rings. The van der Waals surface area contributed by atoms with Gasteiger partial charge in [0.1, 0.15) is 18.2 Å². The number of hydrogen-bond donors (Lipinski definition) is 1. The molecule has 4 nitrogen and oxygen atoms in total. The van der Waals surface area contributed by atoms with Crippen molar-refractivity contribution in [3.05, 3.63) is 99.2 Å². The van der Waals surface area contributed by atoms with Crippen LogP contribution in [0, 0.1) is 26.6 Å². The highest BCUT2D eigenvalue weighted by molar-refractivity contribution is 8.18. The first-order chi connectivity index (χ1) is 15.4. The average molecular weight is 447 g/mol. The molecule has 0 unspecified atom stereocenters. The lowest BCUT2D eigenvalue weighted by Gasteiger charge is -2.13. The molecule has 6 heteroatoms. The van der Waals surface area contributed by atoms with Crippen LogP contribution in [0.15, 0.2) is 70.6 Å². The number of aliphatic imine (C=N–C) groups is 1. The number of nitrogens with zero attached hydrogens (tertiary/aromatic N) is 1. The van der Waals surface area contributed by atoms with Crippen molar-refractivity contribution >= 4 is 34.6 Å². The molecule has 0 spiro atoms. The highest BCUT2D eigenvalue weighted by atomic mass is 32.2. The smallest absolute Gasteiger partial charge is 0.264 e. The summed E-state index contributed by atoms with van der Waals surface area (Å²) in [7, 11) is 0. The Bertz CT molecular complexity index is 1190. The SMILES string of the molecule is Cc1cc(C)c(COc2ccc(/C=C3\SC(=Nc4ccc(F)cc4)NC3=O)cc2)c(C)c1. The molecule has 1 fully saturated rings. The number of aryl methyl sites for hydroxylation is 3. The summed E-state index contributed by atoms with van der Waals surface area (Å²) in [5.41, 5.74) is 6.38. The van der Waals surface area contributed by atoms with E-state index in [-0.39, 0.29) is 11.7 Å². The van der Waals surface area contributed by atoms with E-state index in [1.807, 2.05) is 30.3 Å². The van der Waals surface area contributed by atoms with E-state index in [4.69, 9.17) is 4.74 Å². The lowest BCUT2D eigenvalue weighted by Crippen LogP contribution is -2.19. The van der Waals surface area contributed by atoms with E-state index in [1.54, 1.807) is 12.1 Å². The predicted octanol–water partition coefficient (Wildman–Crippen LogP) is 6.22. The standard InChI is InChI=1S/C26H23FN2O2S/c1-16-12-17(2)23(18(3)13-16)15-31-22-10-4-19(5-11-22)14-24-25(30)29-26(32-24)28-21-8-6-20(27)7-9-21/h4-14H,15H2,1-3H3,(H,28,29,30)/b24-14-. The summed E-state index contributed by atoms with van der Waals surface area (Å²) < 4.78 is 19.0. The van der Waals surface area contributed by atoms with E-state index in [0.29, 0.717) is 22.4 Å². The lowest BCUT2D eigenvalue weighted by molar-refractivity contribution is -0.115. The number of hydrogen-bond acceptors (Lipinski definition) is 4. The monoisotopic (exact) mass is 446 g/mol. The van der Waals surface area contributed by atoms with Gasteiger partial charge in [0.2, 0.25) is 0 Å². The summed E-state index contributed by atoms with van der Waals surface area (Å²) in [4.78, 5) is 17.2. The second-order valence-corrected chi connectivity index (χ2v) is 8.72. The molecule has 1 amide bonds. The van der Waals surface area contributed by atoms with Gasteiger partial charge >= 0.3 is 0 Å². The molecule has 1 saturated heterocycles. The molecule has 1 aliphatic heterocycles. The summed E-state index contributed by atoms with van der Waals surface area (Å²) in [6.45, 7) is 6.82. The van der Waals surface area contributed by atoms with Gasteiger partial charge in [-0.1, -0.05) is 29.8 Å². The minimum absolute atomic E-state index is 0.207. The first-order valence-corrected chi connectivity index (χ1v) is 11.0. The van der Waals surface area contributed by atoms with E-state index >= 15 is 0 Å². The zero-order valence-electron chi connectivity index (χ0n) is 18.1. The van der Waals surface area contributed by atoms with E-state index < -0.39 is 0 Å². The fraction of sp³-hybridized carbons (Fsp3) is 0.154. The quantitative estimate of drug-likeness (QED) is 0.473. The second kappa shape index (κ2) is 9.40. The number of nitrogens with one attached hydrogen (secondary N) is 1. The Hall–Kier alpha value is -3.38. The normalized spacial score (nSPS) is 15.9. The number of carbonyl (C=O) groups is 1. The fourth-order valence-electron chi connectivity index (χ4n) is 3.52. The third-order valence-electron chi connectivity index (χ3n) is 5.11. The molecular formula is C26H23FN2O2S. The lowest BCUT2D eigenvalue weighted by atomic mass is 10.0. The van der Waals surface area contributed by atoms with E-state index in [2.05, 4.69) is 43.2 Å². The van der Waals surface area contributed by atoms with Crippen LogP contribution in [0.5, 0.6) is 5.75 Å². The van der Waals surface area contributed by atoms with Crippen molar-refractivity contribution in [2.75, 3.05) is 0 Å². The van der Waals surface area contributed by atoms with Crippen molar-refractivity contribution in [2.45, 2.75) is 27.4 Å². The van der Waals surface area contributed by atoms with Crippen LogP contribution in [0.4, 0.5) is 10.1 Å². The summed E-state index contributed by atoms with van der Waals surface area (Å²) >= 11 is 1.25. The third-order valence-corrected chi connectivity index (χ3v) is 6.02. The molecule has 0 atom stereocenters. The van der Waals surface area contributed by atoms with Gasteiger partial charge in [-0.3, -0.25) is 4.79 Å². The van der Waals surface area contributed by atoms with Crippen LogP contribution in [0.25, 0.3) is 6.08 Å². The summed E-state index contributed by atoms with van der Waals surface area (Å²) in [5.74, 6) is 0.240.